The molecule has 2 aromatic carbocycles. The van der Waals surface area contributed by atoms with Crippen molar-refractivity contribution in [2.24, 2.45) is 0 Å². The van der Waals surface area contributed by atoms with Crippen LogP contribution in [-0.2, 0) is 11.2 Å². The number of rotatable bonds is 2. The molecule has 1 heterocycles. The molecule has 1 N–H and O–H groups in total. The Balaban J connectivity index is 0.000000497. The molecule has 0 amide bonds. The van der Waals surface area contributed by atoms with Gasteiger partial charge in [0.1, 0.15) is 0 Å². The number of hydrogen-bond acceptors (Lipinski definition) is 2. The first-order valence-corrected chi connectivity index (χ1v) is 6.81. The molecule has 3 heteroatoms. The summed E-state index contributed by atoms with van der Waals surface area (Å²) in [6, 6.07) is 19.0. The highest BCUT2D eigenvalue weighted by atomic mass is 16.3. The number of carbonyl (C=O) groups is 1. The molecule has 1 aromatic heterocycles. The van der Waals surface area contributed by atoms with Gasteiger partial charge in [0, 0.05) is 22.8 Å². The van der Waals surface area contributed by atoms with Crippen LogP contribution >= 0.6 is 0 Å². The second kappa shape index (κ2) is 7.20. The lowest BCUT2D eigenvalue weighted by Crippen LogP contribution is -1.93. The van der Waals surface area contributed by atoms with E-state index in [1.165, 1.54) is 27.6 Å². The average Bonchev–Trinajstić information content (AvgIpc) is 2.55. The van der Waals surface area contributed by atoms with Crippen LogP contribution in [0.15, 0.2) is 60.8 Å². The Morgan fingerprint density at radius 3 is 2.33 bits per heavy atom. The van der Waals surface area contributed by atoms with Crippen LogP contribution in [0.5, 0.6) is 0 Å². The highest BCUT2D eigenvalue weighted by Crippen LogP contribution is 2.30. The molecule has 0 bridgehead atoms. The van der Waals surface area contributed by atoms with E-state index in [9.17, 15) is 0 Å². The number of hydrogen-bond donors (Lipinski definition) is 1. The van der Waals surface area contributed by atoms with Gasteiger partial charge in [-0.05, 0) is 17.4 Å². The van der Waals surface area contributed by atoms with Gasteiger partial charge in [0.2, 0.25) is 0 Å². The van der Waals surface area contributed by atoms with Crippen molar-refractivity contribution in [1.82, 2.24) is 4.98 Å². The van der Waals surface area contributed by atoms with Gasteiger partial charge in [0.15, 0.2) is 0 Å². The summed E-state index contributed by atoms with van der Waals surface area (Å²) in [6.45, 7) is 1.91. The largest absolute Gasteiger partial charge is 0.483 e. The normalized spacial score (nSPS) is 9.76. The Labute approximate surface area is 123 Å². The molecule has 0 aliphatic carbocycles. The zero-order chi connectivity index (χ0) is 15.1. The van der Waals surface area contributed by atoms with Gasteiger partial charge in [-0.1, -0.05) is 61.5 Å². The first-order valence-electron chi connectivity index (χ1n) is 6.81. The molecule has 0 aliphatic heterocycles. The van der Waals surface area contributed by atoms with Crippen molar-refractivity contribution in [2.45, 2.75) is 13.3 Å². The van der Waals surface area contributed by atoms with Gasteiger partial charge < -0.3 is 5.11 Å². The van der Waals surface area contributed by atoms with E-state index in [2.05, 4.69) is 60.4 Å². The minimum absolute atomic E-state index is 0.250. The fraction of sp³-hybridized carbons (Fsp3) is 0.111. The number of aromatic nitrogens is 1. The summed E-state index contributed by atoms with van der Waals surface area (Å²) in [5.41, 5.74) is 3.69. The summed E-state index contributed by atoms with van der Waals surface area (Å²) in [5, 5.41) is 9.38. The monoisotopic (exact) mass is 279 g/mol. The van der Waals surface area contributed by atoms with Crippen LogP contribution in [0, 0.1) is 0 Å². The molecule has 21 heavy (non-hydrogen) atoms. The van der Waals surface area contributed by atoms with Gasteiger partial charge in [0.25, 0.3) is 6.47 Å². The quantitative estimate of drug-likeness (QED) is 0.716. The number of pyridine rings is 1. The third kappa shape index (κ3) is 3.26. The van der Waals surface area contributed by atoms with Crippen molar-refractivity contribution in [3.8, 4) is 11.1 Å². The van der Waals surface area contributed by atoms with Crippen molar-refractivity contribution in [1.29, 1.82) is 0 Å². The first kappa shape index (κ1) is 14.7. The third-order valence-corrected chi connectivity index (χ3v) is 3.28. The van der Waals surface area contributed by atoms with Crippen LogP contribution in [0.1, 0.15) is 12.6 Å². The Morgan fingerprint density at radius 1 is 1.05 bits per heavy atom. The molecule has 0 fully saturated rings. The average molecular weight is 279 g/mol. The zero-order valence-electron chi connectivity index (χ0n) is 11.9. The summed E-state index contributed by atoms with van der Waals surface area (Å²) >= 11 is 0. The summed E-state index contributed by atoms with van der Waals surface area (Å²) in [6.07, 6.45) is 2.93. The van der Waals surface area contributed by atoms with E-state index >= 15 is 0 Å². The van der Waals surface area contributed by atoms with Crippen molar-refractivity contribution in [2.75, 3.05) is 0 Å². The molecule has 3 nitrogen and oxygen atoms in total. The Bertz CT molecular complexity index is 724. The summed E-state index contributed by atoms with van der Waals surface area (Å²) in [7, 11) is 0. The molecule has 0 saturated heterocycles. The van der Waals surface area contributed by atoms with E-state index in [0.29, 0.717) is 0 Å². The van der Waals surface area contributed by atoms with Crippen LogP contribution in [0.3, 0.4) is 0 Å². The van der Waals surface area contributed by atoms with Crippen LogP contribution in [0.25, 0.3) is 21.9 Å². The lowest BCUT2D eigenvalue weighted by molar-refractivity contribution is -0.122. The van der Waals surface area contributed by atoms with Gasteiger partial charge >= 0.3 is 0 Å². The van der Waals surface area contributed by atoms with Gasteiger partial charge in [-0.25, -0.2) is 0 Å². The molecule has 106 valence electrons. The van der Waals surface area contributed by atoms with Crippen LogP contribution in [0.4, 0.5) is 0 Å². The predicted molar refractivity (Wildman–Crippen MR) is 85.2 cm³/mol. The molecule has 3 aromatic rings. The molecular formula is C18H17NO2. The Hall–Kier alpha value is -2.68. The maximum atomic E-state index is 8.36. The van der Waals surface area contributed by atoms with E-state index in [1.54, 1.807) is 0 Å². The van der Waals surface area contributed by atoms with E-state index < -0.39 is 0 Å². The van der Waals surface area contributed by atoms with Gasteiger partial charge in [-0.3, -0.25) is 9.78 Å². The van der Waals surface area contributed by atoms with E-state index in [1.807, 2.05) is 12.3 Å². The third-order valence-electron chi connectivity index (χ3n) is 3.28. The van der Waals surface area contributed by atoms with Crippen LogP contribution < -0.4 is 0 Å². The van der Waals surface area contributed by atoms with E-state index in [-0.39, 0.29) is 6.47 Å². The fourth-order valence-corrected chi connectivity index (χ4v) is 2.40. The van der Waals surface area contributed by atoms with Crippen molar-refractivity contribution >= 4 is 17.2 Å². The van der Waals surface area contributed by atoms with Crippen molar-refractivity contribution in [3.05, 3.63) is 66.5 Å². The first-order chi connectivity index (χ1) is 10.3. The second-order valence-corrected chi connectivity index (χ2v) is 4.49. The standard InChI is InChI=1S/C17H15N.CH2O2/c1-2-16-17(13-8-4-3-5-9-13)15-11-7-6-10-14(15)12-18-16;2-1-3/h3-12H,2H2,1H3;1H,(H,2,3). The minimum Gasteiger partial charge on any atom is -0.483 e. The smallest absolute Gasteiger partial charge is 0.290 e. The Kier molecular flexibility index (Phi) is 5.04. The number of benzene rings is 2. The molecule has 0 aliphatic rings. The molecule has 0 atom stereocenters. The predicted octanol–water partition coefficient (Wildman–Crippen LogP) is 4.17. The van der Waals surface area contributed by atoms with Crippen molar-refractivity contribution in [3.63, 3.8) is 0 Å². The number of fused-ring (bicyclic) bond motifs is 1. The lowest BCUT2D eigenvalue weighted by atomic mass is 9.96. The van der Waals surface area contributed by atoms with Crippen LogP contribution in [0.2, 0.25) is 0 Å². The Morgan fingerprint density at radius 2 is 1.67 bits per heavy atom. The second-order valence-electron chi connectivity index (χ2n) is 4.49. The number of aryl methyl sites for hydroxylation is 1. The number of carboxylic acid groups (broad SMARTS) is 1. The fourth-order valence-electron chi connectivity index (χ4n) is 2.40. The molecular weight excluding hydrogens is 262 g/mol. The van der Waals surface area contributed by atoms with E-state index in [0.717, 1.165) is 6.42 Å². The summed E-state index contributed by atoms with van der Waals surface area (Å²) < 4.78 is 0. The molecule has 0 unspecified atom stereocenters. The number of nitrogens with zero attached hydrogens (tertiary/aromatic N) is 1. The maximum Gasteiger partial charge on any atom is 0.290 e. The van der Waals surface area contributed by atoms with Gasteiger partial charge in [-0.15, -0.1) is 0 Å². The zero-order valence-corrected chi connectivity index (χ0v) is 11.9. The lowest BCUT2D eigenvalue weighted by Gasteiger charge is -2.11. The molecule has 0 spiro atoms. The van der Waals surface area contributed by atoms with Crippen LogP contribution in [-0.4, -0.2) is 16.6 Å². The molecule has 0 saturated carbocycles. The topological polar surface area (TPSA) is 50.2 Å². The summed E-state index contributed by atoms with van der Waals surface area (Å²) in [4.78, 5) is 13.0. The summed E-state index contributed by atoms with van der Waals surface area (Å²) in [5.74, 6) is 0. The van der Waals surface area contributed by atoms with E-state index in [4.69, 9.17) is 9.90 Å². The highest BCUT2D eigenvalue weighted by Gasteiger charge is 2.09. The molecule has 0 radical (unpaired) electrons. The van der Waals surface area contributed by atoms with Gasteiger partial charge in [0.05, 0.1) is 0 Å². The maximum absolute atomic E-state index is 8.36. The highest BCUT2D eigenvalue weighted by molar-refractivity contribution is 5.97. The SMILES string of the molecule is CCc1ncc2ccccc2c1-c1ccccc1.O=CO. The van der Waals surface area contributed by atoms with Gasteiger partial charge in [-0.2, -0.15) is 0 Å². The minimum atomic E-state index is -0.250. The van der Waals surface area contributed by atoms with Crippen molar-refractivity contribution < 1.29 is 9.90 Å². The molecule has 3 rings (SSSR count).